The van der Waals surface area contributed by atoms with Gasteiger partial charge in [-0.3, -0.25) is 0 Å². The van der Waals surface area contributed by atoms with Crippen LogP contribution in [-0.4, -0.2) is 35.8 Å². The minimum atomic E-state index is -0.935. The van der Waals surface area contributed by atoms with Crippen LogP contribution in [0.2, 0.25) is 0 Å². The summed E-state index contributed by atoms with van der Waals surface area (Å²) in [5.74, 6) is 2.12. The summed E-state index contributed by atoms with van der Waals surface area (Å²) in [5.41, 5.74) is 3.51. The largest absolute Gasteiger partial charge is 0.465 e. The molecule has 1 amide bonds. The number of amides is 1. The van der Waals surface area contributed by atoms with Crippen molar-refractivity contribution >= 4 is 11.9 Å². The van der Waals surface area contributed by atoms with Gasteiger partial charge in [0.2, 0.25) is 0 Å². The standard InChI is InChI=1S/C22H29N3O2/c1-16(2)18-5-3-6-19(15-18)20-7-4-8-21(24-20)25-13-10-17(11-14-25)9-12-23-22(26)27/h3-8,15-17,23H,9-14H2,1-2H3,(H,26,27). The lowest BCUT2D eigenvalue weighted by atomic mass is 9.93. The van der Waals surface area contributed by atoms with Gasteiger partial charge in [-0.1, -0.05) is 38.1 Å². The van der Waals surface area contributed by atoms with Crippen molar-refractivity contribution in [1.29, 1.82) is 0 Å². The van der Waals surface area contributed by atoms with E-state index in [0.717, 1.165) is 49.4 Å². The van der Waals surface area contributed by atoms with Crippen molar-refractivity contribution in [2.24, 2.45) is 5.92 Å². The maximum atomic E-state index is 10.6. The van der Waals surface area contributed by atoms with Crippen LogP contribution in [0.1, 0.15) is 44.6 Å². The van der Waals surface area contributed by atoms with Crippen molar-refractivity contribution in [2.75, 3.05) is 24.5 Å². The van der Waals surface area contributed by atoms with Crippen molar-refractivity contribution in [3.8, 4) is 11.3 Å². The molecule has 27 heavy (non-hydrogen) atoms. The Labute approximate surface area is 161 Å². The number of carboxylic acid groups (broad SMARTS) is 1. The van der Waals surface area contributed by atoms with E-state index in [-0.39, 0.29) is 0 Å². The van der Waals surface area contributed by atoms with E-state index in [1.165, 1.54) is 5.56 Å². The first-order valence-electron chi connectivity index (χ1n) is 9.82. The number of hydrogen-bond donors (Lipinski definition) is 2. The zero-order chi connectivity index (χ0) is 19.2. The fraction of sp³-hybridized carbons (Fsp3) is 0.455. The minimum Gasteiger partial charge on any atom is -0.465 e. The molecule has 5 heteroatoms. The average Bonchev–Trinajstić information content (AvgIpc) is 2.68. The molecule has 0 aliphatic carbocycles. The van der Waals surface area contributed by atoms with E-state index < -0.39 is 6.09 Å². The summed E-state index contributed by atoms with van der Waals surface area (Å²) in [6, 6.07) is 14.9. The number of benzene rings is 1. The topological polar surface area (TPSA) is 65.5 Å². The van der Waals surface area contributed by atoms with Gasteiger partial charge in [-0.25, -0.2) is 9.78 Å². The third kappa shape index (κ3) is 5.22. The predicted molar refractivity (Wildman–Crippen MR) is 109 cm³/mol. The van der Waals surface area contributed by atoms with Gasteiger partial charge in [-0.15, -0.1) is 0 Å². The van der Waals surface area contributed by atoms with Crippen LogP contribution in [0.4, 0.5) is 10.6 Å². The van der Waals surface area contributed by atoms with Crippen LogP contribution in [0.5, 0.6) is 0 Å². The highest BCUT2D eigenvalue weighted by atomic mass is 16.4. The summed E-state index contributed by atoms with van der Waals surface area (Å²) in [5, 5.41) is 11.1. The Kier molecular flexibility index (Phi) is 6.32. The Hall–Kier alpha value is -2.56. The molecule has 0 atom stereocenters. The number of carbonyl (C=O) groups is 1. The fourth-order valence-corrected chi connectivity index (χ4v) is 3.65. The van der Waals surface area contributed by atoms with E-state index in [1.54, 1.807) is 0 Å². The first-order chi connectivity index (χ1) is 13.0. The van der Waals surface area contributed by atoms with Crippen LogP contribution in [0, 0.1) is 5.92 Å². The van der Waals surface area contributed by atoms with Crippen molar-refractivity contribution in [2.45, 2.75) is 39.0 Å². The molecule has 1 saturated heterocycles. The van der Waals surface area contributed by atoms with Gasteiger partial charge < -0.3 is 15.3 Å². The van der Waals surface area contributed by atoms with Gasteiger partial charge in [0.1, 0.15) is 5.82 Å². The van der Waals surface area contributed by atoms with E-state index in [0.29, 0.717) is 18.4 Å². The minimum absolute atomic E-state index is 0.503. The number of aromatic nitrogens is 1. The molecule has 2 N–H and O–H groups in total. The highest BCUT2D eigenvalue weighted by Crippen LogP contribution is 2.27. The number of hydrogen-bond acceptors (Lipinski definition) is 3. The van der Waals surface area contributed by atoms with Gasteiger partial charge in [0.25, 0.3) is 0 Å². The molecular formula is C22H29N3O2. The van der Waals surface area contributed by atoms with E-state index in [4.69, 9.17) is 10.1 Å². The second-order valence-electron chi connectivity index (χ2n) is 7.61. The van der Waals surface area contributed by atoms with Crippen LogP contribution >= 0.6 is 0 Å². The number of piperidine rings is 1. The van der Waals surface area contributed by atoms with E-state index in [2.05, 4.69) is 66.5 Å². The zero-order valence-corrected chi connectivity index (χ0v) is 16.2. The van der Waals surface area contributed by atoms with Crippen LogP contribution < -0.4 is 10.2 Å². The van der Waals surface area contributed by atoms with Gasteiger partial charge in [0.15, 0.2) is 0 Å². The molecule has 1 aromatic carbocycles. The third-order valence-corrected chi connectivity index (χ3v) is 5.35. The second kappa shape index (κ2) is 8.89. The fourth-order valence-electron chi connectivity index (χ4n) is 3.65. The Morgan fingerprint density at radius 1 is 1.22 bits per heavy atom. The molecule has 1 aromatic heterocycles. The van der Waals surface area contributed by atoms with E-state index >= 15 is 0 Å². The number of nitrogens with zero attached hydrogens (tertiary/aromatic N) is 2. The highest BCUT2D eigenvalue weighted by Gasteiger charge is 2.20. The molecule has 0 unspecified atom stereocenters. The molecule has 3 rings (SSSR count). The molecular weight excluding hydrogens is 338 g/mol. The van der Waals surface area contributed by atoms with Crippen molar-refractivity contribution in [3.63, 3.8) is 0 Å². The number of nitrogens with one attached hydrogen (secondary N) is 1. The maximum Gasteiger partial charge on any atom is 0.404 e. The lowest BCUT2D eigenvalue weighted by Crippen LogP contribution is -2.35. The quantitative estimate of drug-likeness (QED) is 0.773. The van der Waals surface area contributed by atoms with E-state index in [9.17, 15) is 4.79 Å². The SMILES string of the molecule is CC(C)c1cccc(-c2cccc(N3CCC(CCNC(=O)O)CC3)n2)c1. The Morgan fingerprint density at radius 3 is 2.67 bits per heavy atom. The van der Waals surface area contributed by atoms with Crippen LogP contribution in [0.25, 0.3) is 11.3 Å². The first-order valence-corrected chi connectivity index (χ1v) is 9.82. The summed E-state index contributed by atoms with van der Waals surface area (Å²) < 4.78 is 0. The number of pyridine rings is 1. The highest BCUT2D eigenvalue weighted by molar-refractivity contribution is 5.64. The lowest BCUT2D eigenvalue weighted by Gasteiger charge is -2.33. The monoisotopic (exact) mass is 367 g/mol. The molecule has 0 spiro atoms. The third-order valence-electron chi connectivity index (χ3n) is 5.35. The van der Waals surface area contributed by atoms with Crippen LogP contribution in [0.3, 0.4) is 0 Å². The molecule has 2 heterocycles. The molecule has 1 aliphatic rings. The molecule has 144 valence electrons. The normalized spacial score (nSPS) is 15.1. The van der Waals surface area contributed by atoms with Crippen LogP contribution in [-0.2, 0) is 0 Å². The van der Waals surface area contributed by atoms with E-state index in [1.807, 2.05) is 0 Å². The molecule has 2 aromatic rings. The summed E-state index contributed by atoms with van der Waals surface area (Å²) >= 11 is 0. The summed E-state index contributed by atoms with van der Waals surface area (Å²) in [7, 11) is 0. The lowest BCUT2D eigenvalue weighted by molar-refractivity contribution is 0.193. The summed E-state index contributed by atoms with van der Waals surface area (Å²) in [6.07, 6.45) is 2.14. The average molecular weight is 367 g/mol. The Bertz CT molecular complexity index is 768. The summed E-state index contributed by atoms with van der Waals surface area (Å²) in [6.45, 7) is 6.90. The van der Waals surface area contributed by atoms with Crippen LogP contribution in [0.15, 0.2) is 42.5 Å². The smallest absolute Gasteiger partial charge is 0.404 e. The van der Waals surface area contributed by atoms with Crippen molar-refractivity contribution < 1.29 is 9.90 Å². The summed E-state index contributed by atoms with van der Waals surface area (Å²) in [4.78, 5) is 17.8. The molecule has 0 bridgehead atoms. The van der Waals surface area contributed by atoms with Gasteiger partial charge in [0, 0.05) is 25.2 Å². The zero-order valence-electron chi connectivity index (χ0n) is 16.2. The Morgan fingerprint density at radius 2 is 1.96 bits per heavy atom. The number of anilines is 1. The van der Waals surface area contributed by atoms with Gasteiger partial charge in [-0.2, -0.15) is 0 Å². The van der Waals surface area contributed by atoms with Gasteiger partial charge in [0.05, 0.1) is 5.69 Å². The number of rotatable bonds is 6. The molecule has 0 radical (unpaired) electrons. The molecule has 0 saturated carbocycles. The van der Waals surface area contributed by atoms with Gasteiger partial charge >= 0.3 is 6.09 Å². The molecule has 1 aliphatic heterocycles. The first kappa shape index (κ1) is 19.2. The second-order valence-corrected chi connectivity index (χ2v) is 7.61. The van der Waals surface area contributed by atoms with Gasteiger partial charge in [-0.05, 0) is 54.9 Å². The predicted octanol–water partition coefficient (Wildman–Crippen LogP) is 4.75. The Balaban J connectivity index is 1.63. The maximum absolute atomic E-state index is 10.6. The molecule has 1 fully saturated rings. The molecule has 5 nitrogen and oxygen atoms in total. The van der Waals surface area contributed by atoms with Crippen molar-refractivity contribution in [1.82, 2.24) is 10.3 Å². The van der Waals surface area contributed by atoms with Crippen molar-refractivity contribution in [3.05, 3.63) is 48.0 Å².